The van der Waals surface area contributed by atoms with Gasteiger partial charge in [-0.05, 0) is 26.0 Å². The predicted molar refractivity (Wildman–Crippen MR) is 71.8 cm³/mol. The fourth-order valence-corrected chi connectivity index (χ4v) is 1.53. The van der Waals surface area contributed by atoms with Crippen LogP contribution >= 0.6 is 0 Å². The summed E-state index contributed by atoms with van der Waals surface area (Å²) in [5.41, 5.74) is 0.239. The van der Waals surface area contributed by atoms with Gasteiger partial charge < -0.3 is 15.5 Å². The molecule has 0 aliphatic rings. The number of rotatable bonds is 6. The first kappa shape index (κ1) is 14.9. The van der Waals surface area contributed by atoms with Crippen LogP contribution in [0.2, 0.25) is 0 Å². The van der Waals surface area contributed by atoms with Gasteiger partial charge in [0.25, 0.3) is 5.91 Å². The monoisotopic (exact) mass is 265 g/mol. The summed E-state index contributed by atoms with van der Waals surface area (Å²) in [5.74, 6) is 0.175. The first-order valence-corrected chi connectivity index (χ1v) is 6.19. The highest BCUT2D eigenvalue weighted by molar-refractivity contribution is 5.91. The maximum Gasteiger partial charge on any atom is 0.271 e. The average molecular weight is 265 g/mol. The molecule has 0 bridgehead atoms. The molecule has 1 rings (SSSR count). The van der Waals surface area contributed by atoms with Crippen molar-refractivity contribution < 1.29 is 9.59 Å². The highest BCUT2D eigenvalue weighted by Gasteiger charge is 2.10. The van der Waals surface area contributed by atoms with Crippen molar-refractivity contribution in [2.24, 2.45) is 0 Å². The van der Waals surface area contributed by atoms with Crippen LogP contribution in [0.5, 0.6) is 0 Å². The third-order valence-electron chi connectivity index (χ3n) is 2.66. The summed E-state index contributed by atoms with van der Waals surface area (Å²) in [6.45, 7) is 5.38. The van der Waals surface area contributed by atoms with E-state index < -0.39 is 0 Å². The average Bonchev–Trinajstić information content (AvgIpc) is 2.46. The van der Waals surface area contributed by atoms with Gasteiger partial charge in [-0.25, -0.2) is 0 Å². The summed E-state index contributed by atoms with van der Waals surface area (Å²) < 4.78 is 0. The Bertz CT molecular complexity index is 428. The Morgan fingerprint density at radius 2 is 1.89 bits per heavy atom. The van der Waals surface area contributed by atoms with Crippen LogP contribution < -0.4 is 10.6 Å². The van der Waals surface area contributed by atoms with Crippen molar-refractivity contribution in [2.75, 3.05) is 32.0 Å². The number of carbonyl (C=O) groups is 2. The number of carbonyl (C=O) groups excluding carboxylic acids is 2. The molecule has 0 radical (unpaired) electrons. The number of nitrogens with one attached hydrogen (secondary N) is 2. The van der Waals surface area contributed by atoms with E-state index in [1.54, 1.807) is 17.0 Å². The molecule has 19 heavy (non-hydrogen) atoms. The summed E-state index contributed by atoms with van der Waals surface area (Å²) in [6.07, 6.45) is 0. The second kappa shape index (κ2) is 7.30. The molecule has 1 aromatic heterocycles. The number of hydrogen-bond acceptors (Lipinski definition) is 5. The lowest BCUT2D eigenvalue weighted by atomic mass is 10.3. The van der Waals surface area contributed by atoms with Crippen molar-refractivity contribution in [2.45, 2.75) is 13.8 Å². The first-order valence-electron chi connectivity index (χ1n) is 6.19. The second-order valence-electron chi connectivity index (χ2n) is 3.80. The van der Waals surface area contributed by atoms with E-state index in [4.69, 9.17) is 0 Å². The van der Waals surface area contributed by atoms with E-state index in [9.17, 15) is 9.59 Å². The van der Waals surface area contributed by atoms with Crippen LogP contribution in [0.25, 0.3) is 0 Å². The highest BCUT2D eigenvalue weighted by atomic mass is 16.2. The molecule has 0 fully saturated rings. The molecule has 1 heterocycles. The number of nitrogens with zero attached hydrogens (tertiary/aromatic N) is 3. The fourth-order valence-electron chi connectivity index (χ4n) is 1.53. The summed E-state index contributed by atoms with van der Waals surface area (Å²) in [7, 11) is 1.53. The molecule has 0 spiro atoms. The number of likely N-dealkylation sites (N-methyl/N-ethyl adjacent to an activating group) is 1. The van der Waals surface area contributed by atoms with Gasteiger partial charge in [0.1, 0.15) is 5.82 Å². The summed E-state index contributed by atoms with van der Waals surface area (Å²) in [5, 5.41) is 12.9. The molecular formula is C12H19N5O2. The van der Waals surface area contributed by atoms with E-state index >= 15 is 0 Å². The molecule has 0 atom stereocenters. The topological polar surface area (TPSA) is 87.2 Å². The van der Waals surface area contributed by atoms with Gasteiger partial charge in [-0.2, -0.15) is 0 Å². The molecular weight excluding hydrogens is 246 g/mol. The van der Waals surface area contributed by atoms with Gasteiger partial charge in [-0.3, -0.25) is 9.59 Å². The molecule has 0 aliphatic carbocycles. The van der Waals surface area contributed by atoms with Crippen molar-refractivity contribution >= 4 is 17.6 Å². The third kappa shape index (κ3) is 4.20. The largest absolute Gasteiger partial charge is 0.360 e. The van der Waals surface area contributed by atoms with Crippen LogP contribution in [-0.2, 0) is 4.79 Å². The Kier molecular flexibility index (Phi) is 5.72. The second-order valence-corrected chi connectivity index (χ2v) is 3.80. The normalized spacial score (nSPS) is 9.84. The van der Waals surface area contributed by atoms with E-state index in [0.29, 0.717) is 18.9 Å². The Morgan fingerprint density at radius 1 is 1.21 bits per heavy atom. The first-order chi connectivity index (χ1) is 9.12. The molecule has 0 saturated heterocycles. The van der Waals surface area contributed by atoms with Gasteiger partial charge in [-0.15, -0.1) is 10.2 Å². The Labute approximate surface area is 112 Å². The lowest BCUT2D eigenvalue weighted by Crippen LogP contribution is -2.35. The quantitative estimate of drug-likeness (QED) is 0.762. The van der Waals surface area contributed by atoms with Crippen LogP contribution in [0.4, 0.5) is 5.82 Å². The van der Waals surface area contributed by atoms with Gasteiger partial charge in [0.2, 0.25) is 5.91 Å². The van der Waals surface area contributed by atoms with Crippen molar-refractivity contribution in [3.05, 3.63) is 17.8 Å². The Hall–Kier alpha value is -2.18. The van der Waals surface area contributed by atoms with Gasteiger partial charge in [-0.1, -0.05) is 0 Å². The van der Waals surface area contributed by atoms with E-state index in [0.717, 1.165) is 0 Å². The molecule has 2 amide bonds. The van der Waals surface area contributed by atoms with Crippen LogP contribution in [0.15, 0.2) is 12.1 Å². The van der Waals surface area contributed by atoms with Gasteiger partial charge in [0.05, 0.1) is 6.54 Å². The molecule has 0 saturated carbocycles. The predicted octanol–water partition coefficient (Wildman–Crippen LogP) is 0.116. The summed E-state index contributed by atoms with van der Waals surface area (Å²) in [4.78, 5) is 24.7. The lowest BCUT2D eigenvalue weighted by Gasteiger charge is -2.18. The minimum Gasteiger partial charge on any atom is -0.360 e. The van der Waals surface area contributed by atoms with Gasteiger partial charge in [0, 0.05) is 20.1 Å². The molecule has 2 N–H and O–H groups in total. The van der Waals surface area contributed by atoms with Crippen LogP contribution in [-0.4, -0.2) is 53.6 Å². The zero-order chi connectivity index (χ0) is 14.3. The van der Waals surface area contributed by atoms with Crippen molar-refractivity contribution in [1.82, 2.24) is 20.4 Å². The molecule has 0 aromatic carbocycles. The molecule has 7 nitrogen and oxygen atoms in total. The maximum atomic E-state index is 11.8. The fraction of sp³-hybridized carbons (Fsp3) is 0.500. The number of anilines is 1. The van der Waals surface area contributed by atoms with Crippen LogP contribution in [0.1, 0.15) is 24.3 Å². The van der Waals surface area contributed by atoms with Crippen molar-refractivity contribution in [3.63, 3.8) is 0 Å². The number of amides is 2. The van der Waals surface area contributed by atoms with Crippen molar-refractivity contribution in [1.29, 1.82) is 0 Å². The van der Waals surface area contributed by atoms with E-state index in [2.05, 4.69) is 20.8 Å². The zero-order valence-electron chi connectivity index (χ0n) is 11.4. The van der Waals surface area contributed by atoms with E-state index in [1.165, 1.54) is 7.05 Å². The zero-order valence-corrected chi connectivity index (χ0v) is 11.4. The van der Waals surface area contributed by atoms with E-state index in [-0.39, 0.29) is 24.1 Å². The number of hydrogen-bond donors (Lipinski definition) is 2. The minimum atomic E-state index is -0.293. The van der Waals surface area contributed by atoms with Crippen molar-refractivity contribution in [3.8, 4) is 0 Å². The standard InChI is InChI=1S/C12H19N5O2/c1-4-17(5-2)11(18)8-14-10-7-6-9(15-16-10)12(19)13-3/h6-7H,4-5,8H2,1-3H3,(H,13,19)(H,14,16). The molecule has 104 valence electrons. The summed E-state index contributed by atoms with van der Waals surface area (Å²) >= 11 is 0. The Balaban J connectivity index is 2.54. The SMILES string of the molecule is CCN(CC)C(=O)CNc1ccc(C(=O)NC)nn1. The Morgan fingerprint density at radius 3 is 2.37 bits per heavy atom. The third-order valence-corrected chi connectivity index (χ3v) is 2.66. The molecule has 1 aromatic rings. The number of aromatic nitrogens is 2. The molecule has 0 aliphatic heterocycles. The minimum absolute atomic E-state index is 0.00202. The maximum absolute atomic E-state index is 11.8. The molecule has 7 heteroatoms. The van der Waals surface area contributed by atoms with Gasteiger partial charge >= 0.3 is 0 Å². The van der Waals surface area contributed by atoms with Gasteiger partial charge in [0.15, 0.2) is 5.69 Å². The highest BCUT2D eigenvalue weighted by Crippen LogP contribution is 2.02. The van der Waals surface area contributed by atoms with E-state index in [1.807, 2.05) is 13.8 Å². The smallest absolute Gasteiger partial charge is 0.271 e. The van der Waals surface area contributed by atoms with Crippen LogP contribution in [0, 0.1) is 0 Å². The molecule has 0 unspecified atom stereocenters. The lowest BCUT2D eigenvalue weighted by molar-refractivity contribution is -0.128. The summed E-state index contributed by atoms with van der Waals surface area (Å²) in [6, 6.07) is 3.17. The van der Waals surface area contributed by atoms with Crippen LogP contribution in [0.3, 0.4) is 0 Å².